The summed E-state index contributed by atoms with van der Waals surface area (Å²) in [6.07, 6.45) is 0.181. The molecule has 0 atom stereocenters. The molecule has 0 unspecified atom stereocenters. The van der Waals surface area contributed by atoms with Crippen molar-refractivity contribution in [3.8, 4) is 0 Å². The van der Waals surface area contributed by atoms with Crippen LogP contribution in [0.2, 0.25) is 0 Å². The summed E-state index contributed by atoms with van der Waals surface area (Å²) in [7, 11) is 0.420. The lowest BCUT2D eigenvalue weighted by atomic mass is 10.7. The van der Waals surface area contributed by atoms with Gasteiger partial charge in [-0.2, -0.15) is 0 Å². The van der Waals surface area contributed by atoms with Gasteiger partial charge in [0.1, 0.15) is 12.8 Å². The van der Waals surface area contributed by atoms with Crippen molar-refractivity contribution in [1.82, 2.24) is 0 Å². The summed E-state index contributed by atoms with van der Waals surface area (Å²) in [5.41, 5.74) is 0. The van der Waals surface area contributed by atoms with E-state index in [1.807, 2.05) is 13.8 Å². The summed E-state index contributed by atoms with van der Waals surface area (Å²) in [6, 6.07) is 0. The predicted octanol–water partition coefficient (Wildman–Crippen LogP) is 1.56. The van der Waals surface area contributed by atoms with Crippen molar-refractivity contribution in [2.24, 2.45) is 0 Å². The van der Waals surface area contributed by atoms with Gasteiger partial charge < -0.3 is 18.5 Å². The van der Waals surface area contributed by atoms with Gasteiger partial charge in [0, 0.05) is 7.11 Å². The predicted molar refractivity (Wildman–Crippen MR) is 57.9 cm³/mol. The number of carbonyl (C=O) groups is 1. The van der Waals surface area contributed by atoms with E-state index in [1.54, 1.807) is 7.11 Å². The summed E-state index contributed by atoms with van der Waals surface area (Å²) in [6.45, 7) is 5.49. The zero-order chi connectivity index (χ0) is 11.5. The van der Waals surface area contributed by atoms with Gasteiger partial charge >= 0.3 is 5.97 Å². The highest BCUT2D eigenvalue weighted by molar-refractivity contribution is 7.48. The third-order valence-corrected chi connectivity index (χ3v) is 2.96. The van der Waals surface area contributed by atoms with Gasteiger partial charge in [0.25, 0.3) is 0 Å². The molecule has 0 aromatic heterocycles. The minimum absolute atomic E-state index is 0.181. The third-order valence-electron chi connectivity index (χ3n) is 1.35. The van der Waals surface area contributed by atoms with Crippen LogP contribution in [-0.2, 0) is 23.3 Å². The molecule has 5 nitrogen and oxygen atoms in total. The van der Waals surface area contributed by atoms with E-state index in [2.05, 4.69) is 0 Å². The van der Waals surface area contributed by atoms with Crippen LogP contribution in [0.25, 0.3) is 0 Å². The number of methoxy groups -OCH3 is 1. The van der Waals surface area contributed by atoms with Crippen LogP contribution in [0.3, 0.4) is 0 Å². The van der Waals surface area contributed by atoms with Crippen LogP contribution in [0.1, 0.15) is 13.8 Å². The summed E-state index contributed by atoms with van der Waals surface area (Å²) in [4.78, 5) is 11.3. The van der Waals surface area contributed by atoms with Gasteiger partial charge in [0.15, 0.2) is 8.38 Å². The molecular weight excluding hydrogens is 219 g/mol. The monoisotopic (exact) mass is 238 g/mol. The van der Waals surface area contributed by atoms with Crippen LogP contribution in [-0.4, -0.2) is 45.7 Å². The smallest absolute Gasteiger partial charge is 0.314 e. The van der Waals surface area contributed by atoms with E-state index in [0.29, 0.717) is 19.8 Å². The van der Waals surface area contributed by atoms with Crippen LogP contribution in [0, 0.1) is 0 Å². The van der Waals surface area contributed by atoms with Crippen molar-refractivity contribution >= 4 is 14.3 Å². The second kappa shape index (κ2) is 10.3. The second-order valence-electron chi connectivity index (χ2n) is 2.54. The van der Waals surface area contributed by atoms with E-state index in [4.69, 9.17) is 18.5 Å². The van der Waals surface area contributed by atoms with Crippen molar-refractivity contribution < 1.29 is 23.3 Å². The second-order valence-corrected chi connectivity index (χ2v) is 4.04. The Morgan fingerprint density at radius 2 is 1.73 bits per heavy atom. The Morgan fingerprint density at radius 3 is 2.20 bits per heavy atom. The Bertz CT molecular complexity index is 159. The Balaban J connectivity index is 3.67. The molecule has 0 fully saturated rings. The average Bonchev–Trinajstić information content (AvgIpc) is 2.19. The number of hydrogen-bond donors (Lipinski definition) is 0. The van der Waals surface area contributed by atoms with Crippen molar-refractivity contribution in [1.29, 1.82) is 0 Å². The van der Waals surface area contributed by atoms with Gasteiger partial charge in [-0.25, -0.2) is 0 Å². The van der Waals surface area contributed by atoms with Gasteiger partial charge in [-0.1, -0.05) is 0 Å². The normalized spacial score (nSPS) is 10.7. The molecule has 0 aliphatic heterocycles. The van der Waals surface area contributed by atoms with Crippen LogP contribution in [0.5, 0.6) is 0 Å². The van der Waals surface area contributed by atoms with Crippen molar-refractivity contribution in [2.75, 3.05) is 39.7 Å². The van der Waals surface area contributed by atoms with E-state index in [-0.39, 0.29) is 18.7 Å². The molecule has 0 aliphatic rings. The fourth-order valence-electron chi connectivity index (χ4n) is 0.806. The number of ether oxygens (including phenoxy) is 2. The number of carbonyl (C=O) groups excluding carboxylic acids is 1. The maximum Gasteiger partial charge on any atom is 0.314 e. The number of esters is 1. The number of hydrogen-bond acceptors (Lipinski definition) is 5. The lowest BCUT2D eigenvalue weighted by Crippen LogP contribution is -2.13. The van der Waals surface area contributed by atoms with E-state index in [1.165, 1.54) is 0 Å². The maximum absolute atomic E-state index is 11.3. The Labute approximate surface area is 91.9 Å². The molecule has 0 radical (unpaired) electrons. The van der Waals surface area contributed by atoms with Crippen molar-refractivity contribution in [3.05, 3.63) is 0 Å². The largest absolute Gasteiger partial charge is 0.463 e. The summed E-state index contributed by atoms with van der Waals surface area (Å²) >= 11 is 0. The van der Waals surface area contributed by atoms with E-state index in [0.717, 1.165) is 0 Å². The highest BCUT2D eigenvalue weighted by Crippen LogP contribution is 2.37. The van der Waals surface area contributed by atoms with E-state index >= 15 is 0 Å². The van der Waals surface area contributed by atoms with Crippen LogP contribution < -0.4 is 0 Å². The number of rotatable bonds is 9. The van der Waals surface area contributed by atoms with E-state index < -0.39 is 8.38 Å². The zero-order valence-corrected chi connectivity index (χ0v) is 10.4. The van der Waals surface area contributed by atoms with Crippen LogP contribution >= 0.6 is 8.38 Å². The molecule has 90 valence electrons. The lowest BCUT2D eigenvalue weighted by molar-refractivity contribution is -0.141. The molecular formula is C9H19O5P. The first kappa shape index (κ1) is 14.8. The topological polar surface area (TPSA) is 54.0 Å². The molecule has 6 heteroatoms. The van der Waals surface area contributed by atoms with E-state index in [9.17, 15) is 4.79 Å². The maximum atomic E-state index is 11.3. The SMILES string of the molecule is CCOP(CC(=O)OCCOC)OCC. The Kier molecular flexibility index (Phi) is 10.2. The molecule has 0 N–H and O–H groups in total. The molecule has 0 aromatic carbocycles. The fraction of sp³-hybridized carbons (Fsp3) is 0.889. The average molecular weight is 238 g/mol. The first-order valence-corrected chi connectivity index (χ1v) is 6.28. The first-order valence-electron chi connectivity index (χ1n) is 4.92. The first-order chi connectivity index (χ1) is 7.24. The molecule has 0 saturated heterocycles. The summed E-state index contributed by atoms with van der Waals surface area (Å²) in [5.74, 6) is -0.305. The van der Waals surface area contributed by atoms with Gasteiger partial charge in [0.05, 0.1) is 19.8 Å². The minimum Gasteiger partial charge on any atom is -0.463 e. The molecule has 0 aliphatic carbocycles. The third kappa shape index (κ3) is 8.75. The highest BCUT2D eigenvalue weighted by Gasteiger charge is 2.15. The summed E-state index contributed by atoms with van der Waals surface area (Å²) in [5, 5.41) is 0. The molecule has 15 heavy (non-hydrogen) atoms. The molecule has 0 aromatic rings. The standard InChI is InChI=1S/C9H19O5P/c1-4-13-15(14-5-2)8-9(10)12-7-6-11-3/h4-8H2,1-3H3. The molecule has 0 amide bonds. The Morgan fingerprint density at radius 1 is 1.13 bits per heavy atom. The molecule has 0 bridgehead atoms. The minimum atomic E-state index is -1.14. The van der Waals surface area contributed by atoms with Gasteiger partial charge in [0.2, 0.25) is 0 Å². The zero-order valence-electron chi connectivity index (χ0n) is 9.52. The van der Waals surface area contributed by atoms with Gasteiger partial charge in [-0.05, 0) is 13.8 Å². The molecule has 0 heterocycles. The van der Waals surface area contributed by atoms with Crippen LogP contribution in [0.4, 0.5) is 0 Å². The Hall–Kier alpha value is -0.220. The van der Waals surface area contributed by atoms with Gasteiger partial charge in [-0.15, -0.1) is 0 Å². The van der Waals surface area contributed by atoms with Gasteiger partial charge in [-0.3, -0.25) is 4.79 Å². The molecule has 0 spiro atoms. The van der Waals surface area contributed by atoms with Crippen LogP contribution in [0.15, 0.2) is 0 Å². The molecule has 0 saturated carbocycles. The lowest BCUT2D eigenvalue weighted by Gasteiger charge is -2.14. The molecule has 0 rings (SSSR count). The van der Waals surface area contributed by atoms with Crippen molar-refractivity contribution in [2.45, 2.75) is 13.8 Å². The summed E-state index contributed by atoms with van der Waals surface area (Å²) < 4.78 is 20.2. The van der Waals surface area contributed by atoms with Crippen molar-refractivity contribution in [3.63, 3.8) is 0 Å². The fourth-order valence-corrected chi connectivity index (χ4v) is 1.94. The highest BCUT2D eigenvalue weighted by atomic mass is 31.2. The quantitative estimate of drug-likeness (QED) is 0.346.